The van der Waals surface area contributed by atoms with Crippen LogP contribution in [-0.2, 0) is 16.2 Å². The summed E-state index contributed by atoms with van der Waals surface area (Å²) in [5.74, 6) is 0. The predicted molar refractivity (Wildman–Crippen MR) is 422 cm³/mol. The van der Waals surface area contributed by atoms with Gasteiger partial charge in [0.2, 0.25) is 0 Å². The fourth-order valence-corrected chi connectivity index (χ4v) is 20.8. The lowest BCUT2D eigenvalue weighted by atomic mass is 9.81. The van der Waals surface area contributed by atoms with Crippen molar-refractivity contribution in [2.75, 3.05) is 9.80 Å². The molecule has 4 nitrogen and oxygen atoms in total. The van der Waals surface area contributed by atoms with Crippen molar-refractivity contribution in [3.63, 3.8) is 0 Å². The van der Waals surface area contributed by atoms with Gasteiger partial charge in [-0.1, -0.05) is 316 Å². The van der Waals surface area contributed by atoms with Gasteiger partial charge in [-0.15, -0.1) is 0 Å². The van der Waals surface area contributed by atoms with Gasteiger partial charge in [0.1, 0.15) is 11.2 Å². The van der Waals surface area contributed by atoms with Gasteiger partial charge in [0, 0.05) is 60.5 Å². The maximum Gasteiger partial charge on any atom is 0.179 e. The Morgan fingerprint density at radius 1 is 0.303 bits per heavy atom. The molecule has 14 aromatic carbocycles. The van der Waals surface area contributed by atoms with Gasteiger partial charge in [-0.05, 0) is 143 Å². The molecule has 17 rings (SSSR count). The summed E-state index contributed by atoms with van der Waals surface area (Å²) in [5.41, 5.74) is 22.3. The lowest BCUT2D eigenvalue weighted by molar-refractivity contribution is 0.590. The Kier molecular flexibility index (Phi) is 14.6. The average molecular weight is 1300 g/mol. The van der Waals surface area contributed by atoms with E-state index in [1.165, 1.54) is 65.1 Å². The minimum atomic E-state index is -2.75. The van der Waals surface area contributed by atoms with Crippen LogP contribution in [0.4, 0.5) is 34.1 Å². The monoisotopic (exact) mass is 1290 g/mol. The van der Waals surface area contributed by atoms with E-state index >= 15 is 0 Å². The first kappa shape index (κ1) is 61.4. The maximum absolute atomic E-state index is 7.47. The highest BCUT2D eigenvalue weighted by atomic mass is 28.3. The van der Waals surface area contributed by atoms with Gasteiger partial charge < -0.3 is 18.6 Å². The van der Waals surface area contributed by atoms with Crippen molar-refractivity contribution < 1.29 is 8.83 Å². The number of nitrogens with zero attached hydrogens (tertiary/aromatic N) is 2. The van der Waals surface area contributed by atoms with Crippen LogP contribution in [0.1, 0.15) is 83.2 Å². The van der Waals surface area contributed by atoms with E-state index in [-0.39, 0.29) is 10.8 Å². The lowest BCUT2D eigenvalue weighted by Crippen LogP contribution is -2.74. The second kappa shape index (κ2) is 23.5. The summed E-state index contributed by atoms with van der Waals surface area (Å²) in [6.07, 6.45) is 0. The molecule has 0 fully saturated rings. The highest BCUT2D eigenvalue weighted by Crippen LogP contribution is 2.57. The predicted octanol–water partition coefficient (Wildman–Crippen LogP) is 23.5. The molecule has 99 heavy (non-hydrogen) atoms. The largest absolute Gasteiger partial charge is 0.453 e. The van der Waals surface area contributed by atoms with Gasteiger partial charge >= 0.3 is 0 Å². The van der Waals surface area contributed by atoms with Crippen LogP contribution in [0.3, 0.4) is 0 Å². The molecule has 0 bridgehead atoms. The number of hydrogen-bond donors (Lipinski definition) is 0. The Balaban J connectivity index is 0.813. The molecule has 0 aliphatic heterocycles. The molecule has 0 saturated heterocycles. The first-order valence-electron chi connectivity index (χ1n) is 34.8. The van der Waals surface area contributed by atoms with Crippen molar-refractivity contribution >= 4 is 118 Å². The van der Waals surface area contributed by atoms with Crippen LogP contribution in [0.15, 0.2) is 318 Å². The second-order valence-corrected chi connectivity index (χ2v) is 33.5. The van der Waals surface area contributed by atoms with Gasteiger partial charge in [0.05, 0.1) is 17.1 Å². The zero-order valence-electron chi connectivity index (χ0n) is 57.7. The Labute approximate surface area is 581 Å². The van der Waals surface area contributed by atoms with Crippen molar-refractivity contribution in [2.45, 2.75) is 78.6 Å². The van der Waals surface area contributed by atoms with Gasteiger partial charge in [-0.25, -0.2) is 0 Å². The number of para-hydroxylation sites is 4. The van der Waals surface area contributed by atoms with Gasteiger partial charge in [0.25, 0.3) is 0 Å². The van der Waals surface area contributed by atoms with Crippen molar-refractivity contribution in [3.05, 3.63) is 337 Å². The van der Waals surface area contributed by atoms with Crippen LogP contribution >= 0.6 is 0 Å². The number of furan rings is 2. The molecular weight excluding hydrogens is 1220 g/mol. The molecule has 0 radical (unpaired) electrons. The molecule has 0 atom stereocenters. The molecule has 2 aromatic heterocycles. The second-order valence-electron chi connectivity index (χ2n) is 29.7. The van der Waals surface area contributed by atoms with Crippen LogP contribution in [0.5, 0.6) is 0 Å². The molecule has 0 amide bonds. The number of aryl methyl sites for hydroxylation is 1. The van der Waals surface area contributed by atoms with Gasteiger partial charge in [-0.2, -0.15) is 0 Å². The average Bonchev–Trinajstić information content (AvgIpc) is 1.61. The first-order chi connectivity index (χ1) is 48.0. The molecule has 0 saturated carbocycles. The lowest BCUT2D eigenvalue weighted by Gasteiger charge is -2.34. The molecule has 0 unspecified atom stereocenters. The van der Waals surface area contributed by atoms with E-state index < -0.39 is 13.5 Å². The Morgan fingerprint density at radius 3 is 1.18 bits per heavy atom. The van der Waals surface area contributed by atoms with E-state index in [1.807, 2.05) is 0 Å². The third-order valence-corrected chi connectivity index (χ3v) is 26.0. The third-order valence-electron chi connectivity index (χ3n) is 21.2. The molecular formula is C94H78N2O2Si. The number of fused-ring (bicyclic) bond motifs is 11. The van der Waals surface area contributed by atoms with Crippen LogP contribution < -0.4 is 30.5 Å². The molecule has 480 valence electrons. The van der Waals surface area contributed by atoms with Crippen LogP contribution in [0.2, 0.25) is 0 Å². The standard InChI is InChI=1S/C94H78N2O2Si/c1-61-41-43-62(44-42-61)73-33-21-36-78-80-38-24-40-85(91(80)98-88(73)78)96(67-53-49-65(50-54-67)93(5,6)7)86-60-83-87(76-32-20-19-31-75(76)86)81-58-55-68(59-82(81)94(83,8)9)95(66-51-47-64(48-52-66)92(2,3)4)84-39-23-37-79-77-35-22-34-74(89(77)97-90(79)84)63-45-56-72(57-46-63)99(69-25-13-10-14-26-69,70-27-15-11-16-28-70)71-29-17-12-18-30-71/h10-60H,1-9H3. The summed E-state index contributed by atoms with van der Waals surface area (Å²) in [6.45, 7) is 20.7. The molecule has 2 heterocycles. The van der Waals surface area contributed by atoms with Crippen molar-refractivity contribution in [1.29, 1.82) is 0 Å². The molecule has 0 spiro atoms. The highest BCUT2D eigenvalue weighted by Gasteiger charge is 2.42. The van der Waals surface area contributed by atoms with Crippen LogP contribution in [0.25, 0.3) is 88.0 Å². The topological polar surface area (TPSA) is 32.8 Å². The number of hydrogen-bond acceptors (Lipinski definition) is 4. The Hall–Kier alpha value is -11.2. The minimum Gasteiger partial charge on any atom is -0.453 e. The van der Waals surface area contributed by atoms with Crippen LogP contribution in [0, 0.1) is 6.92 Å². The maximum atomic E-state index is 7.47. The number of rotatable bonds is 12. The highest BCUT2D eigenvalue weighted by molar-refractivity contribution is 7.19. The fraction of sp³-hybridized carbons (Fsp3) is 0.128. The molecule has 1 aliphatic carbocycles. The number of anilines is 6. The molecule has 16 aromatic rings. The van der Waals surface area contributed by atoms with Crippen molar-refractivity contribution in [3.8, 4) is 33.4 Å². The normalized spacial score (nSPS) is 13.0. The first-order valence-corrected chi connectivity index (χ1v) is 36.8. The minimum absolute atomic E-state index is 0.0306. The smallest absolute Gasteiger partial charge is 0.179 e. The van der Waals surface area contributed by atoms with Crippen LogP contribution in [-0.4, -0.2) is 8.07 Å². The summed E-state index contributed by atoms with van der Waals surface area (Å²) >= 11 is 0. The third kappa shape index (κ3) is 10.1. The summed E-state index contributed by atoms with van der Waals surface area (Å²) in [5, 5.41) is 12.0. The van der Waals surface area contributed by atoms with E-state index in [2.05, 4.69) is 381 Å². The summed E-state index contributed by atoms with van der Waals surface area (Å²) in [7, 11) is -2.75. The zero-order chi connectivity index (χ0) is 67.5. The Morgan fingerprint density at radius 2 is 0.697 bits per heavy atom. The van der Waals surface area contributed by atoms with E-state index in [0.29, 0.717) is 0 Å². The molecule has 1 aliphatic rings. The molecule has 0 N–H and O–H groups in total. The fourth-order valence-electron chi connectivity index (χ4n) is 16.0. The molecule has 5 heteroatoms. The summed E-state index contributed by atoms with van der Waals surface area (Å²) in [6, 6.07) is 115. The van der Waals surface area contributed by atoms with E-state index in [0.717, 1.165) is 106 Å². The summed E-state index contributed by atoms with van der Waals surface area (Å²) < 4.78 is 14.8. The Bertz CT molecular complexity index is 5660. The zero-order valence-corrected chi connectivity index (χ0v) is 58.7. The van der Waals surface area contributed by atoms with E-state index in [1.54, 1.807) is 0 Å². The van der Waals surface area contributed by atoms with E-state index in [9.17, 15) is 0 Å². The quantitative estimate of drug-likeness (QED) is 0.0901. The number of benzene rings is 14. The summed E-state index contributed by atoms with van der Waals surface area (Å²) in [4.78, 5) is 4.89. The van der Waals surface area contributed by atoms with Gasteiger partial charge in [0.15, 0.2) is 19.2 Å². The van der Waals surface area contributed by atoms with Gasteiger partial charge in [-0.3, -0.25) is 0 Å². The van der Waals surface area contributed by atoms with Crippen molar-refractivity contribution in [2.24, 2.45) is 0 Å². The van der Waals surface area contributed by atoms with E-state index in [4.69, 9.17) is 8.83 Å². The van der Waals surface area contributed by atoms with Crippen molar-refractivity contribution in [1.82, 2.24) is 0 Å². The SMILES string of the molecule is Cc1ccc(-c2cccc3c2oc2c(N(c4ccc(C(C)(C)C)cc4)c4cc5c(c6ccccc46)-c4ccc(N(c6ccc(C(C)(C)C)cc6)c6cccc7c6oc6c(-c8ccc([Si](c9ccccc9)(c9ccccc9)c9ccccc9)cc8)cccc67)cc4C5(C)C)cccc23)cc1.